The van der Waals surface area contributed by atoms with Gasteiger partial charge in [-0.1, -0.05) is 12.1 Å². The molecule has 72 valence electrons. The maximum Gasteiger partial charge on any atom is 0.118 e. The van der Waals surface area contributed by atoms with Gasteiger partial charge in [0.1, 0.15) is 5.75 Å². The Morgan fingerprint density at radius 1 is 1.07 bits per heavy atom. The number of rotatable bonds is 3. The van der Waals surface area contributed by atoms with Gasteiger partial charge in [0, 0.05) is 0 Å². The van der Waals surface area contributed by atoms with Gasteiger partial charge < -0.3 is 4.74 Å². The van der Waals surface area contributed by atoms with E-state index in [9.17, 15) is 0 Å². The number of ether oxygens (including phenoxy) is 1. The smallest absolute Gasteiger partial charge is 0.118 e. The SMILES string of the molecule is COc1ccc(Cc2ccsc2)cc1. The molecule has 2 aromatic rings. The molecule has 0 N–H and O–H groups in total. The van der Waals surface area contributed by atoms with Crippen molar-refractivity contribution in [1.29, 1.82) is 0 Å². The first-order chi connectivity index (χ1) is 6.88. The molecule has 0 atom stereocenters. The Hall–Kier alpha value is -1.28. The molecular formula is C12H12OS. The fourth-order valence-corrected chi connectivity index (χ4v) is 2.04. The molecule has 0 aliphatic carbocycles. The second-order valence-electron chi connectivity index (χ2n) is 3.16. The van der Waals surface area contributed by atoms with Gasteiger partial charge in [-0.3, -0.25) is 0 Å². The highest BCUT2D eigenvalue weighted by molar-refractivity contribution is 7.07. The zero-order valence-electron chi connectivity index (χ0n) is 8.07. The zero-order valence-corrected chi connectivity index (χ0v) is 8.88. The Morgan fingerprint density at radius 3 is 2.43 bits per heavy atom. The highest BCUT2D eigenvalue weighted by Gasteiger charge is 1.96. The van der Waals surface area contributed by atoms with Crippen LogP contribution in [-0.4, -0.2) is 7.11 Å². The van der Waals surface area contributed by atoms with Crippen LogP contribution in [0.15, 0.2) is 41.1 Å². The molecule has 0 saturated carbocycles. The van der Waals surface area contributed by atoms with Crippen molar-refractivity contribution in [3.8, 4) is 5.75 Å². The number of benzene rings is 1. The summed E-state index contributed by atoms with van der Waals surface area (Å²) < 4.78 is 5.11. The average Bonchev–Trinajstić information content (AvgIpc) is 2.72. The van der Waals surface area contributed by atoms with E-state index in [-0.39, 0.29) is 0 Å². The van der Waals surface area contributed by atoms with Gasteiger partial charge >= 0.3 is 0 Å². The van der Waals surface area contributed by atoms with Crippen LogP contribution in [-0.2, 0) is 6.42 Å². The van der Waals surface area contributed by atoms with Gasteiger partial charge in [-0.2, -0.15) is 11.3 Å². The molecule has 0 radical (unpaired) electrons. The summed E-state index contributed by atoms with van der Waals surface area (Å²) in [6, 6.07) is 10.4. The lowest BCUT2D eigenvalue weighted by Gasteiger charge is -2.01. The van der Waals surface area contributed by atoms with Crippen LogP contribution < -0.4 is 4.74 Å². The third-order valence-electron chi connectivity index (χ3n) is 2.15. The lowest BCUT2D eigenvalue weighted by atomic mass is 10.1. The van der Waals surface area contributed by atoms with Crippen molar-refractivity contribution in [3.05, 3.63) is 52.2 Å². The second-order valence-corrected chi connectivity index (χ2v) is 3.94. The molecule has 2 rings (SSSR count). The molecule has 1 aromatic carbocycles. The van der Waals surface area contributed by atoms with Crippen LogP contribution in [0.2, 0.25) is 0 Å². The molecule has 0 unspecified atom stereocenters. The van der Waals surface area contributed by atoms with E-state index < -0.39 is 0 Å². The van der Waals surface area contributed by atoms with Crippen molar-refractivity contribution in [2.24, 2.45) is 0 Å². The van der Waals surface area contributed by atoms with Crippen molar-refractivity contribution in [2.45, 2.75) is 6.42 Å². The van der Waals surface area contributed by atoms with Crippen LogP contribution in [0.3, 0.4) is 0 Å². The topological polar surface area (TPSA) is 9.23 Å². The molecule has 1 aromatic heterocycles. The fraction of sp³-hybridized carbons (Fsp3) is 0.167. The number of thiophene rings is 1. The van der Waals surface area contributed by atoms with E-state index in [2.05, 4.69) is 29.0 Å². The molecule has 2 heteroatoms. The molecule has 0 spiro atoms. The summed E-state index contributed by atoms with van der Waals surface area (Å²) in [5.41, 5.74) is 2.70. The Morgan fingerprint density at radius 2 is 1.86 bits per heavy atom. The Balaban J connectivity index is 2.10. The number of hydrogen-bond donors (Lipinski definition) is 0. The Labute approximate surface area is 88.0 Å². The van der Waals surface area contributed by atoms with Crippen molar-refractivity contribution in [1.82, 2.24) is 0 Å². The summed E-state index contributed by atoms with van der Waals surface area (Å²) in [6.45, 7) is 0. The van der Waals surface area contributed by atoms with Crippen molar-refractivity contribution < 1.29 is 4.74 Å². The molecule has 0 bridgehead atoms. The van der Waals surface area contributed by atoms with Gasteiger partial charge in [-0.25, -0.2) is 0 Å². The molecule has 1 nitrogen and oxygen atoms in total. The monoisotopic (exact) mass is 204 g/mol. The van der Waals surface area contributed by atoms with E-state index in [1.54, 1.807) is 18.4 Å². The minimum atomic E-state index is 0.916. The summed E-state index contributed by atoms with van der Waals surface area (Å²) in [5.74, 6) is 0.916. The third kappa shape index (κ3) is 2.15. The largest absolute Gasteiger partial charge is 0.497 e. The lowest BCUT2D eigenvalue weighted by molar-refractivity contribution is 0.414. The minimum Gasteiger partial charge on any atom is -0.497 e. The Kier molecular flexibility index (Phi) is 2.84. The van der Waals surface area contributed by atoms with Crippen LogP contribution in [0.5, 0.6) is 5.75 Å². The average molecular weight is 204 g/mol. The van der Waals surface area contributed by atoms with Crippen LogP contribution in [0.4, 0.5) is 0 Å². The predicted molar refractivity (Wildman–Crippen MR) is 60.1 cm³/mol. The standard InChI is InChI=1S/C12H12OS/c1-13-12-4-2-10(3-5-12)8-11-6-7-14-9-11/h2-7,9H,8H2,1H3. The lowest BCUT2D eigenvalue weighted by Crippen LogP contribution is -1.86. The first-order valence-corrected chi connectivity index (χ1v) is 5.47. The van der Waals surface area contributed by atoms with Gasteiger partial charge in [0.05, 0.1) is 7.11 Å². The third-order valence-corrected chi connectivity index (χ3v) is 2.88. The van der Waals surface area contributed by atoms with Crippen LogP contribution in [0, 0.1) is 0 Å². The highest BCUT2D eigenvalue weighted by atomic mass is 32.1. The van der Waals surface area contributed by atoms with E-state index in [0.29, 0.717) is 0 Å². The molecule has 14 heavy (non-hydrogen) atoms. The van der Waals surface area contributed by atoms with E-state index in [0.717, 1.165) is 12.2 Å². The molecule has 0 aliphatic heterocycles. The van der Waals surface area contributed by atoms with Crippen molar-refractivity contribution in [2.75, 3.05) is 7.11 Å². The summed E-state index contributed by atoms with van der Waals surface area (Å²) in [7, 11) is 1.69. The number of hydrogen-bond acceptors (Lipinski definition) is 2. The predicted octanol–water partition coefficient (Wildman–Crippen LogP) is 3.35. The first-order valence-electron chi connectivity index (χ1n) is 4.52. The maximum absolute atomic E-state index is 5.11. The summed E-state index contributed by atoms with van der Waals surface area (Å²) >= 11 is 1.74. The number of methoxy groups -OCH3 is 1. The quantitative estimate of drug-likeness (QED) is 0.745. The van der Waals surface area contributed by atoms with E-state index in [1.165, 1.54) is 11.1 Å². The van der Waals surface area contributed by atoms with Gasteiger partial charge in [-0.05, 0) is 46.5 Å². The van der Waals surface area contributed by atoms with Crippen LogP contribution in [0.1, 0.15) is 11.1 Å². The van der Waals surface area contributed by atoms with Crippen molar-refractivity contribution in [3.63, 3.8) is 0 Å². The summed E-state index contributed by atoms with van der Waals surface area (Å²) in [6.07, 6.45) is 1.01. The van der Waals surface area contributed by atoms with E-state index in [4.69, 9.17) is 4.74 Å². The minimum absolute atomic E-state index is 0.916. The summed E-state index contributed by atoms with van der Waals surface area (Å²) in [5, 5.41) is 4.29. The molecule has 0 saturated heterocycles. The van der Waals surface area contributed by atoms with Gasteiger partial charge in [0.2, 0.25) is 0 Å². The maximum atomic E-state index is 5.11. The normalized spacial score (nSPS) is 10.1. The van der Waals surface area contributed by atoms with Gasteiger partial charge in [-0.15, -0.1) is 0 Å². The Bertz CT molecular complexity index is 375. The molecular weight excluding hydrogens is 192 g/mol. The molecule has 0 fully saturated rings. The van der Waals surface area contributed by atoms with Crippen LogP contribution >= 0.6 is 11.3 Å². The van der Waals surface area contributed by atoms with E-state index in [1.807, 2.05) is 12.1 Å². The van der Waals surface area contributed by atoms with E-state index >= 15 is 0 Å². The van der Waals surface area contributed by atoms with Gasteiger partial charge in [0.15, 0.2) is 0 Å². The molecule has 0 amide bonds. The van der Waals surface area contributed by atoms with Crippen LogP contribution in [0.25, 0.3) is 0 Å². The molecule has 0 aliphatic rings. The highest BCUT2D eigenvalue weighted by Crippen LogP contribution is 2.16. The van der Waals surface area contributed by atoms with Gasteiger partial charge in [0.25, 0.3) is 0 Å². The van der Waals surface area contributed by atoms with Crippen molar-refractivity contribution >= 4 is 11.3 Å². The summed E-state index contributed by atoms with van der Waals surface area (Å²) in [4.78, 5) is 0. The second kappa shape index (κ2) is 4.29. The fourth-order valence-electron chi connectivity index (χ4n) is 1.37. The zero-order chi connectivity index (χ0) is 9.80. The molecule has 1 heterocycles. The first kappa shape index (κ1) is 9.28.